The summed E-state index contributed by atoms with van der Waals surface area (Å²) in [7, 11) is 5.26. The minimum atomic E-state index is -2.23. The maximum atomic E-state index is 14.9. The molecule has 3 N–H and O–H groups in total. The number of fused-ring (bicyclic) bond motifs is 1. The highest BCUT2D eigenvalue weighted by Gasteiger charge is 2.79. The first kappa shape index (κ1) is 53.6. The first-order chi connectivity index (χ1) is 34.5. The number of esters is 3. The maximum absolute atomic E-state index is 14.9. The second-order valence-corrected chi connectivity index (χ2v) is 19.0. The number of aliphatic hydroxyl groups excluding tert-OH is 1. The molecular formula is C55H58O19. The molecule has 1 spiro atoms. The van der Waals surface area contributed by atoms with Crippen LogP contribution in [0.5, 0.6) is 46.0 Å². The Kier molecular flexibility index (Phi) is 13.3. The van der Waals surface area contributed by atoms with Gasteiger partial charge in [0.25, 0.3) is 0 Å². The quantitative estimate of drug-likeness (QED) is 0.0881. The lowest BCUT2D eigenvalue weighted by molar-refractivity contribution is -0.247. The van der Waals surface area contributed by atoms with Crippen molar-refractivity contribution in [1.29, 1.82) is 0 Å². The fraction of sp³-hybridized carbons (Fsp3) is 0.382. The van der Waals surface area contributed by atoms with Gasteiger partial charge in [-0.3, -0.25) is 0 Å². The molecule has 2 aliphatic heterocycles. The summed E-state index contributed by atoms with van der Waals surface area (Å²) < 4.78 is 59.3. The van der Waals surface area contributed by atoms with Crippen molar-refractivity contribution in [1.82, 2.24) is 0 Å². The molecule has 2 heterocycles. The number of ether oxygens (including phenoxy) is 10. The normalized spacial score (nSPS) is 19.5. The Morgan fingerprint density at radius 1 is 0.486 bits per heavy atom. The van der Waals surface area contributed by atoms with Crippen molar-refractivity contribution in [2.24, 2.45) is 5.41 Å². The summed E-state index contributed by atoms with van der Waals surface area (Å²) in [6.07, 6.45) is -1.46. The molecule has 1 saturated heterocycles. The monoisotopic (exact) mass is 1020 g/mol. The highest BCUT2D eigenvalue weighted by molar-refractivity contribution is 6.02. The molecule has 0 unspecified atom stereocenters. The van der Waals surface area contributed by atoms with Gasteiger partial charge in [-0.2, -0.15) is 0 Å². The van der Waals surface area contributed by atoms with Crippen molar-refractivity contribution in [3.05, 3.63) is 112 Å². The molecule has 0 saturated carbocycles. The van der Waals surface area contributed by atoms with Crippen LogP contribution >= 0.6 is 0 Å². The van der Waals surface area contributed by atoms with Gasteiger partial charge in [-0.25, -0.2) is 28.8 Å². The molecule has 4 aromatic carbocycles. The van der Waals surface area contributed by atoms with E-state index < -0.39 is 64.1 Å². The molecule has 4 aromatic rings. The average molecular weight is 1020 g/mol. The van der Waals surface area contributed by atoms with Gasteiger partial charge in [0.15, 0.2) is 0 Å². The first-order valence-electron chi connectivity index (χ1n) is 23.1. The van der Waals surface area contributed by atoms with E-state index in [2.05, 4.69) is 6.58 Å². The summed E-state index contributed by atoms with van der Waals surface area (Å²) in [5.74, 6) is -8.01. The number of benzene rings is 4. The van der Waals surface area contributed by atoms with Crippen LogP contribution in [-0.2, 0) is 20.7 Å². The van der Waals surface area contributed by atoms with Gasteiger partial charge in [0.1, 0.15) is 85.0 Å². The second kappa shape index (κ2) is 18.4. The molecule has 0 radical (unpaired) electrons. The summed E-state index contributed by atoms with van der Waals surface area (Å²) >= 11 is 0. The average Bonchev–Trinajstić information content (AvgIpc) is 3.61. The highest BCUT2D eigenvalue weighted by Crippen LogP contribution is 2.65. The van der Waals surface area contributed by atoms with Crippen molar-refractivity contribution >= 4 is 36.0 Å². The number of aromatic carboxylic acids is 2. The Morgan fingerprint density at radius 3 is 1.26 bits per heavy atom. The molecule has 0 bridgehead atoms. The summed E-state index contributed by atoms with van der Waals surface area (Å²) in [6, 6.07) is 0. The molecule has 1 aliphatic carbocycles. The number of rotatable bonds is 12. The van der Waals surface area contributed by atoms with Crippen LogP contribution in [0.1, 0.15) is 122 Å². The molecule has 19 heteroatoms. The summed E-state index contributed by atoms with van der Waals surface area (Å²) in [5.41, 5.74) is -1.35. The van der Waals surface area contributed by atoms with Crippen LogP contribution in [-0.4, -0.2) is 91.1 Å². The fourth-order valence-corrected chi connectivity index (χ4v) is 10.9. The van der Waals surface area contributed by atoms with Crippen LogP contribution in [0.25, 0.3) is 0 Å². The van der Waals surface area contributed by atoms with E-state index in [-0.39, 0.29) is 114 Å². The zero-order valence-corrected chi connectivity index (χ0v) is 44.3. The fourth-order valence-electron chi connectivity index (χ4n) is 10.9. The van der Waals surface area contributed by atoms with Gasteiger partial charge < -0.3 is 62.7 Å². The van der Waals surface area contributed by atoms with Crippen LogP contribution < -0.4 is 37.9 Å². The van der Waals surface area contributed by atoms with Gasteiger partial charge in [0, 0.05) is 27.8 Å². The molecule has 19 nitrogen and oxygen atoms in total. The SMILES string of the molecule is C=C1C(C(=O)Oc2c(C)c(C)c(C(=O)Oc3c(C)c(C)c(C(=O)O)c(OC)c3C)c(OC)c2C)=C(O)[C@]2(C)Cc3c(C)c(C(=O)Oc4c(C)c(C)c(C(=O)O)c(OC)c4C)c(OC)c(C)c3O[C@]23OC(=O)O[C@]13C. The minimum absolute atomic E-state index is 0.00867. The Morgan fingerprint density at radius 2 is 0.851 bits per heavy atom. The third kappa shape index (κ3) is 7.28. The molecule has 3 atom stereocenters. The highest BCUT2D eigenvalue weighted by atomic mass is 16.9. The standard InChI is InChI=1S/C55H58O19/c1-20-23(4)38(27(8)42(65-15)33(20)47(57)58)69-49(61)35-22(3)25(6)40(29(10)44(35)67-17)71-51(63)37-31(12)54(14)55(74-52(64)73-54)53(13,46(37)56)19-32-26(7)36(45(68-18)30(11)41(32)72-55)50(62)70-39-24(5)21(2)34(48(59)60)43(66-16)28(39)9/h56H,12,19H2,1-11,13-18H3,(H,57,58)(H,59,60)/t53-,54+,55-/m0/s1. The third-order valence-corrected chi connectivity index (χ3v) is 15.3. The maximum Gasteiger partial charge on any atom is 0.512 e. The second-order valence-electron chi connectivity index (χ2n) is 19.0. The van der Waals surface area contributed by atoms with Crippen LogP contribution in [0.2, 0.25) is 0 Å². The predicted octanol–water partition coefficient (Wildman–Crippen LogP) is 9.50. The lowest BCUT2D eigenvalue weighted by Crippen LogP contribution is -2.70. The van der Waals surface area contributed by atoms with E-state index in [4.69, 9.17) is 47.4 Å². The van der Waals surface area contributed by atoms with E-state index in [1.54, 1.807) is 76.2 Å². The van der Waals surface area contributed by atoms with Gasteiger partial charge >= 0.3 is 41.8 Å². The molecule has 392 valence electrons. The largest absolute Gasteiger partial charge is 0.512 e. The molecule has 3 aliphatic rings. The number of aliphatic hydroxyl groups is 1. The smallest absolute Gasteiger partial charge is 0.510 e. The lowest BCUT2D eigenvalue weighted by Gasteiger charge is -2.55. The van der Waals surface area contributed by atoms with Crippen molar-refractivity contribution < 1.29 is 91.5 Å². The third-order valence-electron chi connectivity index (χ3n) is 15.3. The number of carboxylic acids is 2. The number of hydrogen-bond acceptors (Lipinski definition) is 17. The zero-order valence-electron chi connectivity index (χ0n) is 44.3. The van der Waals surface area contributed by atoms with E-state index in [9.17, 15) is 44.1 Å². The molecule has 0 amide bonds. The molecule has 1 fully saturated rings. The molecule has 74 heavy (non-hydrogen) atoms. The Bertz CT molecular complexity index is 3300. The minimum Gasteiger partial charge on any atom is -0.510 e. The first-order valence-corrected chi connectivity index (χ1v) is 23.1. The Labute approximate surface area is 426 Å². The van der Waals surface area contributed by atoms with Gasteiger partial charge in [0.2, 0.25) is 5.60 Å². The predicted molar refractivity (Wildman–Crippen MR) is 263 cm³/mol. The Hall–Kier alpha value is -8.22. The Balaban J connectivity index is 1.33. The molecule has 0 aromatic heterocycles. The summed E-state index contributed by atoms with van der Waals surface area (Å²) in [4.78, 5) is 81.5. The van der Waals surface area contributed by atoms with E-state index >= 15 is 0 Å². The van der Waals surface area contributed by atoms with Gasteiger partial charge in [-0.15, -0.1) is 0 Å². The van der Waals surface area contributed by atoms with Crippen molar-refractivity contribution in [2.45, 2.75) is 108 Å². The summed E-state index contributed by atoms with van der Waals surface area (Å²) in [6.45, 7) is 24.5. The van der Waals surface area contributed by atoms with Crippen LogP contribution in [0.4, 0.5) is 4.79 Å². The van der Waals surface area contributed by atoms with Gasteiger partial charge in [-0.05, 0) is 141 Å². The topological polar surface area (TPSA) is 255 Å². The van der Waals surface area contributed by atoms with E-state index in [0.717, 1.165) is 0 Å². The van der Waals surface area contributed by atoms with Gasteiger partial charge in [-0.1, -0.05) is 6.58 Å². The van der Waals surface area contributed by atoms with Crippen molar-refractivity contribution in [2.75, 3.05) is 28.4 Å². The van der Waals surface area contributed by atoms with Crippen LogP contribution in [0, 0.1) is 81.6 Å². The van der Waals surface area contributed by atoms with Crippen LogP contribution in [0.15, 0.2) is 23.5 Å². The molecule has 7 rings (SSSR count). The number of carbonyl (C=O) groups is 6. The number of hydrogen-bond donors (Lipinski definition) is 3. The number of carboxylic acid groups (broad SMARTS) is 2. The van der Waals surface area contributed by atoms with E-state index in [1.807, 2.05) is 0 Å². The van der Waals surface area contributed by atoms with E-state index in [1.165, 1.54) is 42.3 Å². The lowest BCUT2D eigenvalue weighted by atomic mass is 9.58. The summed E-state index contributed by atoms with van der Waals surface area (Å²) in [5, 5.41) is 32.6. The molecular weight excluding hydrogens is 965 g/mol. The number of carbonyl (C=O) groups excluding carboxylic acids is 4. The van der Waals surface area contributed by atoms with Crippen molar-refractivity contribution in [3.8, 4) is 46.0 Å². The van der Waals surface area contributed by atoms with Gasteiger partial charge in [0.05, 0.1) is 28.4 Å². The van der Waals surface area contributed by atoms with Crippen molar-refractivity contribution in [3.63, 3.8) is 0 Å². The van der Waals surface area contributed by atoms with E-state index in [0.29, 0.717) is 33.4 Å². The van der Waals surface area contributed by atoms with Crippen LogP contribution in [0.3, 0.4) is 0 Å². The number of methoxy groups -OCH3 is 4. The zero-order chi connectivity index (χ0) is 55.3.